The Hall–Kier alpha value is -5.18. The van der Waals surface area contributed by atoms with Gasteiger partial charge in [-0.25, -0.2) is 0 Å². The summed E-state index contributed by atoms with van der Waals surface area (Å²) in [6, 6.07) is 12.2. The van der Waals surface area contributed by atoms with Crippen molar-refractivity contribution in [3.8, 4) is 34.5 Å². The average molecular weight is 1020 g/mol. The van der Waals surface area contributed by atoms with E-state index < -0.39 is 0 Å². The minimum Gasteiger partial charge on any atom is -0.659 e. The Morgan fingerprint density at radius 1 is 0.620 bits per heavy atom. The normalized spacial score (nSPS) is 11.3. The van der Waals surface area contributed by atoms with Crippen LogP contribution in [0.25, 0.3) is 78.2 Å². The predicted molar refractivity (Wildman–Crippen MR) is 175 cm³/mol. The molecule has 10 rings (SSSR count). The fourth-order valence-corrected chi connectivity index (χ4v) is 6.14. The topological polar surface area (TPSA) is 108 Å². The van der Waals surface area contributed by atoms with Crippen LogP contribution >= 0.6 is 0 Å². The fraction of sp³-hybridized carbons (Fsp3) is 0.111. The van der Waals surface area contributed by atoms with E-state index >= 15 is 0 Å². The Morgan fingerprint density at radius 3 is 1.42 bits per heavy atom. The smallest absolute Gasteiger partial charge is 0.245 e. The standard InChI is InChI=1S/2C18H13N5O.2Pt/c2*1-21-8-9-23(11-21)18-16-14(10-24-18)12-4-3-5-13(15(12)20-16)17-19-6-7-22(17)2;;/h2*3-5,7-10H,1-2H3;;/q2*-2;;. The van der Waals surface area contributed by atoms with Crippen LogP contribution in [0.15, 0.2) is 94.9 Å². The number of hydrogen-bond donors (Lipinski definition) is 0. The van der Waals surface area contributed by atoms with Gasteiger partial charge in [-0.2, -0.15) is 0 Å². The van der Waals surface area contributed by atoms with Crippen LogP contribution in [-0.2, 0) is 70.3 Å². The summed E-state index contributed by atoms with van der Waals surface area (Å²) in [5.74, 6) is 3.02. The number of fused-ring (bicyclic) bond motifs is 6. The van der Waals surface area contributed by atoms with E-state index in [2.05, 4.69) is 47.1 Å². The van der Waals surface area contributed by atoms with Gasteiger partial charge in [-0.1, -0.05) is 71.0 Å². The van der Waals surface area contributed by atoms with Crippen LogP contribution in [0.5, 0.6) is 0 Å². The largest absolute Gasteiger partial charge is 0.659 e. The summed E-state index contributed by atoms with van der Waals surface area (Å²) >= 11 is 0. The predicted octanol–water partition coefficient (Wildman–Crippen LogP) is 4.31. The minimum absolute atomic E-state index is 0. The van der Waals surface area contributed by atoms with Crippen molar-refractivity contribution in [3.63, 3.8) is 0 Å². The molecule has 0 unspecified atom stereocenters. The zero-order valence-corrected chi connectivity index (χ0v) is 31.5. The molecule has 0 radical (unpaired) electrons. The molecule has 8 aromatic heterocycles. The third-order valence-corrected chi connectivity index (χ3v) is 8.43. The summed E-state index contributed by atoms with van der Waals surface area (Å²) in [6.45, 7) is 0. The molecule has 0 aliphatic heterocycles. The molecule has 0 aliphatic rings. The van der Waals surface area contributed by atoms with E-state index in [9.17, 15) is 0 Å². The van der Waals surface area contributed by atoms with Crippen molar-refractivity contribution in [1.29, 1.82) is 0 Å². The summed E-state index contributed by atoms with van der Waals surface area (Å²) in [5, 5.41) is 4.09. The van der Waals surface area contributed by atoms with Crippen LogP contribution < -0.4 is 19.1 Å². The van der Waals surface area contributed by atoms with Crippen molar-refractivity contribution in [2.24, 2.45) is 28.2 Å². The molecule has 0 spiro atoms. The monoisotopic (exact) mass is 1020 g/mol. The van der Waals surface area contributed by atoms with E-state index in [1.165, 1.54) is 0 Å². The molecule has 0 N–H and O–H groups in total. The van der Waals surface area contributed by atoms with Crippen molar-refractivity contribution in [2.75, 3.05) is 0 Å². The molecule has 50 heavy (non-hydrogen) atoms. The van der Waals surface area contributed by atoms with E-state index in [1.807, 2.05) is 117 Å². The second kappa shape index (κ2) is 12.9. The van der Waals surface area contributed by atoms with Crippen molar-refractivity contribution < 1.29 is 60.1 Å². The van der Waals surface area contributed by atoms with E-state index in [0.29, 0.717) is 11.8 Å². The maximum absolute atomic E-state index is 5.75. The van der Waals surface area contributed by atoms with E-state index in [-0.39, 0.29) is 42.1 Å². The first kappa shape index (κ1) is 33.3. The molecule has 10 aromatic rings. The van der Waals surface area contributed by atoms with Gasteiger partial charge >= 0.3 is 0 Å². The van der Waals surface area contributed by atoms with Gasteiger partial charge in [-0.05, 0) is 47.3 Å². The SMILES string of the molecule is Cn1c[c-]nc1-c1cccc2c1[n-]c1c(-n3[c-][n+](C)cc3)occ12.Cn1c[c-]nc1-c1cccc2c1[n-]c1c(-n3[c-][n+](C)cc3)occ12.[Pt].[Pt]. The van der Waals surface area contributed by atoms with Crippen LogP contribution in [0.1, 0.15) is 0 Å². The van der Waals surface area contributed by atoms with Gasteiger partial charge in [0.15, 0.2) is 11.8 Å². The minimum atomic E-state index is 0. The summed E-state index contributed by atoms with van der Waals surface area (Å²) in [7, 11) is 7.74. The molecule has 0 atom stereocenters. The van der Waals surface area contributed by atoms with Gasteiger partial charge < -0.3 is 47.0 Å². The number of nitrogens with zero attached hydrogens (tertiary/aromatic N) is 10. The molecular weight excluding hydrogens is 995 g/mol. The summed E-state index contributed by atoms with van der Waals surface area (Å²) in [5.41, 5.74) is 5.45. The number of aromatic nitrogens is 10. The maximum Gasteiger partial charge on any atom is 0.245 e. The molecule has 0 fully saturated rings. The number of benzene rings is 2. The molecule has 0 bridgehead atoms. The van der Waals surface area contributed by atoms with Crippen molar-refractivity contribution >= 4 is 43.6 Å². The molecule has 8 heterocycles. The number of para-hydroxylation sites is 2. The summed E-state index contributed by atoms with van der Waals surface area (Å²) in [4.78, 5) is 18.4. The number of hydrogen-bond acceptors (Lipinski definition) is 4. The van der Waals surface area contributed by atoms with Crippen molar-refractivity contribution in [2.45, 2.75) is 0 Å². The molecule has 14 heteroatoms. The molecule has 0 saturated heterocycles. The van der Waals surface area contributed by atoms with E-state index in [4.69, 9.17) is 18.8 Å². The van der Waals surface area contributed by atoms with Crippen LogP contribution in [0.2, 0.25) is 0 Å². The van der Waals surface area contributed by atoms with Gasteiger partial charge in [0, 0.05) is 66.9 Å². The quantitative estimate of drug-likeness (QED) is 0.192. The van der Waals surface area contributed by atoms with Gasteiger partial charge in [0.05, 0.1) is 26.6 Å². The Balaban J connectivity index is 0.000000151. The molecule has 2 aromatic carbocycles. The zero-order valence-electron chi connectivity index (χ0n) is 27.0. The van der Waals surface area contributed by atoms with Gasteiger partial charge in [0.25, 0.3) is 0 Å². The van der Waals surface area contributed by atoms with Crippen molar-refractivity contribution in [1.82, 2.24) is 38.2 Å². The Kier molecular flexibility index (Phi) is 8.62. The molecule has 12 nitrogen and oxygen atoms in total. The van der Waals surface area contributed by atoms with E-state index in [0.717, 1.165) is 66.4 Å². The van der Waals surface area contributed by atoms with Crippen LogP contribution in [0.4, 0.5) is 0 Å². The van der Waals surface area contributed by atoms with Crippen LogP contribution in [-0.4, -0.2) is 28.2 Å². The number of furan rings is 2. The number of imidazole rings is 4. The average Bonchev–Trinajstić information content (AvgIpc) is 3.91. The summed E-state index contributed by atoms with van der Waals surface area (Å²) < 4.78 is 22.7. The second-order valence-corrected chi connectivity index (χ2v) is 11.6. The van der Waals surface area contributed by atoms with Crippen LogP contribution in [0, 0.1) is 25.0 Å². The van der Waals surface area contributed by atoms with Crippen LogP contribution in [0.3, 0.4) is 0 Å². The first-order valence-electron chi connectivity index (χ1n) is 15.1. The Morgan fingerprint density at radius 2 is 1.06 bits per heavy atom. The van der Waals surface area contributed by atoms with Gasteiger partial charge in [-0.3, -0.25) is 9.13 Å². The molecule has 256 valence electrons. The first-order valence-corrected chi connectivity index (χ1v) is 15.1. The van der Waals surface area contributed by atoms with Gasteiger partial charge in [0.1, 0.15) is 0 Å². The Labute approximate surface area is 314 Å². The maximum atomic E-state index is 5.75. The third-order valence-electron chi connectivity index (χ3n) is 8.43. The van der Waals surface area contributed by atoms with E-state index in [1.54, 1.807) is 12.5 Å². The molecule has 0 saturated carbocycles. The molecule has 0 aliphatic carbocycles. The number of aryl methyl sites for hydroxylation is 4. The van der Waals surface area contributed by atoms with Crippen molar-refractivity contribution in [3.05, 3.63) is 111 Å². The second-order valence-electron chi connectivity index (χ2n) is 11.6. The first-order chi connectivity index (χ1) is 23.4. The summed E-state index contributed by atoms with van der Waals surface area (Å²) in [6.07, 6.45) is 26.8. The molecule has 0 amide bonds. The number of rotatable bonds is 4. The van der Waals surface area contributed by atoms with Gasteiger partial charge in [0.2, 0.25) is 12.7 Å². The molecular formula is C36H26N10O2Pt2-4. The zero-order chi connectivity index (χ0) is 32.5. The fourth-order valence-electron chi connectivity index (χ4n) is 6.14. The third kappa shape index (κ3) is 5.30. The van der Waals surface area contributed by atoms with Gasteiger partial charge in [-0.15, -0.1) is 23.4 Å². The Bertz CT molecular complexity index is 2570.